The number of nitrogens with zero attached hydrogens (tertiary/aromatic N) is 2. The quantitative estimate of drug-likeness (QED) is 0.752. The van der Waals surface area contributed by atoms with Gasteiger partial charge in [-0.25, -0.2) is 0 Å². The summed E-state index contributed by atoms with van der Waals surface area (Å²) in [6.45, 7) is 8.38. The van der Waals surface area contributed by atoms with Crippen molar-refractivity contribution in [3.8, 4) is 0 Å². The third-order valence-corrected chi connectivity index (χ3v) is 2.24. The Morgan fingerprint density at radius 2 is 2.23 bits per heavy atom. The number of aromatic nitrogens is 2. The average molecular weight is 181 g/mol. The van der Waals surface area contributed by atoms with Gasteiger partial charge in [-0.05, 0) is 19.9 Å². The lowest BCUT2D eigenvalue weighted by atomic mass is 10.1. The van der Waals surface area contributed by atoms with E-state index >= 15 is 0 Å². The van der Waals surface area contributed by atoms with Crippen LogP contribution in [-0.2, 0) is 6.54 Å². The van der Waals surface area contributed by atoms with E-state index in [4.69, 9.17) is 0 Å². The molecule has 0 spiro atoms. The van der Waals surface area contributed by atoms with Crippen molar-refractivity contribution in [3.05, 3.63) is 18.0 Å². The zero-order chi connectivity index (χ0) is 9.68. The van der Waals surface area contributed by atoms with Crippen molar-refractivity contribution < 1.29 is 0 Å². The molecule has 1 N–H and O–H groups in total. The Kier molecular flexibility index (Phi) is 3.96. The minimum Gasteiger partial charge on any atom is -0.310 e. The highest BCUT2D eigenvalue weighted by atomic mass is 15.3. The van der Waals surface area contributed by atoms with Crippen LogP contribution in [0.1, 0.15) is 38.8 Å². The Hall–Kier alpha value is -0.830. The van der Waals surface area contributed by atoms with E-state index in [9.17, 15) is 0 Å². The molecule has 3 heteroatoms. The van der Waals surface area contributed by atoms with Crippen molar-refractivity contribution in [2.24, 2.45) is 0 Å². The Bertz CT molecular complexity index is 242. The molecule has 1 aromatic heterocycles. The van der Waals surface area contributed by atoms with Crippen molar-refractivity contribution in [3.63, 3.8) is 0 Å². The maximum Gasteiger partial charge on any atom is 0.0537 e. The van der Waals surface area contributed by atoms with Crippen LogP contribution in [-0.4, -0.2) is 16.3 Å². The molecule has 0 saturated carbocycles. The maximum absolute atomic E-state index is 4.26. The Labute approximate surface area is 80.1 Å². The van der Waals surface area contributed by atoms with Gasteiger partial charge in [0.1, 0.15) is 0 Å². The van der Waals surface area contributed by atoms with Gasteiger partial charge in [0.2, 0.25) is 0 Å². The van der Waals surface area contributed by atoms with Gasteiger partial charge in [0, 0.05) is 24.3 Å². The van der Waals surface area contributed by atoms with Crippen LogP contribution in [0.2, 0.25) is 0 Å². The van der Waals surface area contributed by atoms with E-state index in [1.807, 2.05) is 10.9 Å². The predicted octanol–water partition coefficient (Wildman–Crippen LogP) is 1.96. The van der Waals surface area contributed by atoms with Gasteiger partial charge < -0.3 is 5.32 Å². The standard InChI is InChI=1S/C10H19N3/c1-4-10(11-5-2)9-7-12-13(6-3)8-9/h7-8,10-11H,4-6H2,1-3H3. The largest absolute Gasteiger partial charge is 0.310 e. The summed E-state index contributed by atoms with van der Waals surface area (Å²) >= 11 is 0. The van der Waals surface area contributed by atoms with Crippen molar-refractivity contribution in [1.29, 1.82) is 0 Å². The summed E-state index contributed by atoms with van der Waals surface area (Å²) in [7, 11) is 0. The van der Waals surface area contributed by atoms with E-state index in [0.29, 0.717) is 6.04 Å². The molecular weight excluding hydrogens is 162 g/mol. The second-order valence-corrected chi connectivity index (χ2v) is 3.15. The molecule has 1 aromatic rings. The summed E-state index contributed by atoms with van der Waals surface area (Å²) in [5, 5.41) is 7.70. The summed E-state index contributed by atoms with van der Waals surface area (Å²) in [5.74, 6) is 0. The molecule has 1 atom stereocenters. The van der Waals surface area contributed by atoms with Crippen LogP contribution >= 0.6 is 0 Å². The molecule has 0 aliphatic heterocycles. The van der Waals surface area contributed by atoms with Crippen molar-refractivity contribution in [2.75, 3.05) is 6.54 Å². The molecule has 1 heterocycles. The smallest absolute Gasteiger partial charge is 0.0537 e. The second-order valence-electron chi connectivity index (χ2n) is 3.15. The lowest BCUT2D eigenvalue weighted by molar-refractivity contribution is 0.536. The van der Waals surface area contributed by atoms with Gasteiger partial charge in [-0.15, -0.1) is 0 Å². The van der Waals surface area contributed by atoms with E-state index in [0.717, 1.165) is 19.5 Å². The summed E-state index contributed by atoms with van der Waals surface area (Å²) in [5.41, 5.74) is 1.30. The van der Waals surface area contributed by atoms with Gasteiger partial charge in [0.05, 0.1) is 6.20 Å². The second kappa shape index (κ2) is 5.02. The summed E-state index contributed by atoms with van der Waals surface area (Å²) in [6, 6.07) is 0.463. The van der Waals surface area contributed by atoms with Gasteiger partial charge in [-0.1, -0.05) is 13.8 Å². The minimum absolute atomic E-state index is 0.463. The molecule has 13 heavy (non-hydrogen) atoms. The topological polar surface area (TPSA) is 29.9 Å². The van der Waals surface area contributed by atoms with E-state index < -0.39 is 0 Å². The fourth-order valence-electron chi connectivity index (χ4n) is 1.48. The Balaban J connectivity index is 2.67. The van der Waals surface area contributed by atoms with Crippen molar-refractivity contribution >= 4 is 0 Å². The van der Waals surface area contributed by atoms with Gasteiger partial charge in [0.25, 0.3) is 0 Å². The first-order valence-electron chi connectivity index (χ1n) is 5.07. The molecule has 0 fully saturated rings. The van der Waals surface area contributed by atoms with Crippen LogP contribution in [0.15, 0.2) is 12.4 Å². The highest BCUT2D eigenvalue weighted by Gasteiger charge is 2.08. The highest BCUT2D eigenvalue weighted by Crippen LogP contribution is 2.14. The highest BCUT2D eigenvalue weighted by molar-refractivity contribution is 5.09. The number of hydrogen-bond donors (Lipinski definition) is 1. The number of hydrogen-bond acceptors (Lipinski definition) is 2. The molecule has 0 saturated heterocycles. The first-order valence-corrected chi connectivity index (χ1v) is 5.07. The number of rotatable bonds is 5. The van der Waals surface area contributed by atoms with Crippen molar-refractivity contribution in [2.45, 2.75) is 39.8 Å². The van der Waals surface area contributed by atoms with Gasteiger partial charge in [-0.2, -0.15) is 5.10 Å². The Morgan fingerprint density at radius 1 is 1.46 bits per heavy atom. The van der Waals surface area contributed by atoms with Crippen LogP contribution in [0.4, 0.5) is 0 Å². The van der Waals surface area contributed by atoms with Crippen LogP contribution in [0.3, 0.4) is 0 Å². The predicted molar refractivity (Wildman–Crippen MR) is 54.6 cm³/mol. The monoisotopic (exact) mass is 181 g/mol. The van der Waals surface area contributed by atoms with Gasteiger partial charge >= 0.3 is 0 Å². The van der Waals surface area contributed by atoms with Crippen molar-refractivity contribution in [1.82, 2.24) is 15.1 Å². The van der Waals surface area contributed by atoms with Crippen LogP contribution in [0.25, 0.3) is 0 Å². The zero-order valence-electron chi connectivity index (χ0n) is 8.75. The molecule has 0 aromatic carbocycles. The molecule has 0 amide bonds. The molecule has 1 rings (SSSR count). The third kappa shape index (κ3) is 2.56. The third-order valence-electron chi connectivity index (χ3n) is 2.24. The SMILES string of the molecule is CCNC(CC)c1cnn(CC)c1. The van der Waals surface area contributed by atoms with Crippen LogP contribution < -0.4 is 5.32 Å². The van der Waals surface area contributed by atoms with Gasteiger partial charge in [-0.3, -0.25) is 4.68 Å². The molecular formula is C10H19N3. The fourth-order valence-corrected chi connectivity index (χ4v) is 1.48. The molecule has 0 bridgehead atoms. The van der Waals surface area contributed by atoms with E-state index in [1.54, 1.807) is 0 Å². The van der Waals surface area contributed by atoms with E-state index in [1.165, 1.54) is 5.56 Å². The summed E-state index contributed by atoms with van der Waals surface area (Å²) in [6.07, 6.45) is 5.19. The number of aryl methyl sites for hydroxylation is 1. The normalized spacial score (nSPS) is 13.2. The Morgan fingerprint density at radius 3 is 2.69 bits per heavy atom. The first-order chi connectivity index (χ1) is 6.31. The molecule has 0 aliphatic carbocycles. The first kappa shape index (κ1) is 10.3. The van der Waals surface area contributed by atoms with E-state index in [-0.39, 0.29) is 0 Å². The molecule has 0 aliphatic rings. The molecule has 0 radical (unpaired) electrons. The number of nitrogens with one attached hydrogen (secondary N) is 1. The molecule has 74 valence electrons. The lowest BCUT2D eigenvalue weighted by Gasteiger charge is -2.12. The fraction of sp³-hybridized carbons (Fsp3) is 0.700. The maximum atomic E-state index is 4.26. The summed E-state index contributed by atoms with van der Waals surface area (Å²) < 4.78 is 1.97. The van der Waals surface area contributed by atoms with E-state index in [2.05, 4.69) is 37.4 Å². The molecule has 3 nitrogen and oxygen atoms in total. The van der Waals surface area contributed by atoms with Gasteiger partial charge in [0.15, 0.2) is 0 Å². The zero-order valence-corrected chi connectivity index (χ0v) is 8.75. The average Bonchev–Trinajstić information content (AvgIpc) is 2.62. The van der Waals surface area contributed by atoms with Crippen LogP contribution in [0, 0.1) is 0 Å². The minimum atomic E-state index is 0.463. The van der Waals surface area contributed by atoms with Crippen LogP contribution in [0.5, 0.6) is 0 Å². The molecule has 1 unspecified atom stereocenters. The summed E-state index contributed by atoms with van der Waals surface area (Å²) in [4.78, 5) is 0. The lowest BCUT2D eigenvalue weighted by Crippen LogP contribution is -2.19.